The molecule has 17 nitrogen and oxygen atoms in total. The second kappa shape index (κ2) is 65.4. The van der Waals surface area contributed by atoms with Gasteiger partial charge in [0, 0.05) is 25.7 Å². The fraction of sp³-hybridized carbons (Fsp3) is 0.947. The first kappa shape index (κ1) is 93.1. The van der Waals surface area contributed by atoms with Crippen molar-refractivity contribution in [3.8, 4) is 0 Å². The lowest BCUT2D eigenvalue weighted by Crippen LogP contribution is -2.30. The Kier molecular flexibility index (Phi) is 64.0. The molecule has 19 heteroatoms. The lowest BCUT2D eigenvalue weighted by Gasteiger charge is -2.21. The van der Waals surface area contributed by atoms with Crippen molar-refractivity contribution in [2.75, 3.05) is 39.6 Å². The Morgan fingerprint density at radius 2 is 0.442 bits per heavy atom. The number of ether oxygens (including phenoxy) is 4. The lowest BCUT2D eigenvalue weighted by atomic mass is 10.0. The largest absolute Gasteiger partial charge is 0.472 e. The van der Waals surface area contributed by atoms with E-state index in [0.29, 0.717) is 31.6 Å². The summed E-state index contributed by atoms with van der Waals surface area (Å²) in [5.74, 6) is 0.866. The van der Waals surface area contributed by atoms with Crippen molar-refractivity contribution in [1.29, 1.82) is 0 Å². The summed E-state index contributed by atoms with van der Waals surface area (Å²) in [6, 6.07) is 0. The standard InChI is InChI=1S/C76H148O17P2/c1-66(2)52-44-36-28-22-17-15-13-11-9-10-12-14-16-18-25-31-40-48-56-73(78)86-62-71(92-76(81)59-51-43-33-27-21-24-30-38-46-54-68(5)6)64-90-94(82,83)88-60-70(77)61-89-95(84,85)91-65-72(63-87-74(79)57-49-41-35-34-39-47-55-69(7)8)93-75(80)58-50-42-32-26-20-19-23-29-37-45-53-67(3)4/h66-72,77H,9-65H2,1-8H3,(H,82,83)(H,84,85)/t70-,71-,72-/m1/s1. The molecule has 0 saturated heterocycles. The summed E-state index contributed by atoms with van der Waals surface area (Å²) in [6.45, 7) is 14.1. The summed E-state index contributed by atoms with van der Waals surface area (Å²) < 4.78 is 68.4. The van der Waals surface area contributed by atoms with Crippen LogP contribution in [0, 0.1) is 23.7 Å². The van der Waals surface area contributed by atoms with Crippen molar-refractivity contribution in [2.24, 2.45) is 23.7 Å². The van der Waals surface area contributed by atoms with E-state index >= 15 is 0 Å². The zero-order valence-corrected chi connectivity index (χ0v) is 64.1. The highest BCUT2D eigenvalue weighted by atomic mass is 31.2. The normalized spacial score (nSPS) is 14.1. The van der Waals surface area contributed by atoms with E-state index in [1.165, 1.54) is 180 Å². The molecule has 0 fully saturated rings. The molecule has 0 amide bonds. The SMILES string of the molecule is CC(C)CCCCCCCCCCCCCCCCCCCCC(=O)OC[C@H](COP(=O)(O)OC[C@@H](O)COP(=O)(O)OC[C@@H](COC(=O)CCCCCCCCC(C)C)OC(=O)CCCCCCCCCCCCC(C)C)OC(=O)CCCCCCCCCCCC(C)C. The molecular weight excluding hydrogens is 1250 g/mol. The summed E-state index contributed by atoms with van der Waals surface area (Å²) in [5.41, 5.74) is 0. The first-order chi connectivity index (χ1) is 45.6. The summed E-state index contributed by atoms with van der Waals surface area (Å²) in [4.78, 5) is 72.7. The molecule has 0 aromatic heterocycles. The molecule has 564 valence electrons. The van der Waals surface area contributed by atoms with Crippen molar-refractivity contribution < 1.29 is 80.2 Å². The van der Waals surface area contributed by atoms with Crippen LogP contribution in [-0.2, 0) is 65.4 Å². The van der Waals surface area contributed by atoms with Gasteiger partial charge in [-0.2, -0.15) is 0 Å². The number of aliphatic hydroxyl groups is 1. The van der Waals surface area contributed by atoms with Gasteiger partial charge in [-0.1, -0.05) is 331 Å². The van der Waals surface area contributed by atoms with Crippen LogP contribution >= 0.6 is 15.6 Å². The quantitative estimate of drug-likeness (QED) is 0.0222. The van der Waals surface area contributed by atoms with Crippen molar-refractivity contribution in [3.63, 3.8) is 0 Å². The van der Waals surface area contributed by atoms with Crippen LogP contribution in [0.15, 0.2) is 0 Å². The maximum atomic E-state index is 13.1. The predicted molar refractivity (Wildman–Crippen MR) is 386 cm³/mol. The van der Waals surface area contributed by atoms with E-state index in [9.17, 15) is 43.2 Å². The van der Waals surface area contributed by atoms with Gasteiger partial charge in [-0.15, -0.1) is 0 Å². The average Bonchev–Trinajstić information content (AvgIpc) is 2.02. The maximum Gasteiger partial charge on any atom is 0.472 e. The van der Waals surface area contributed by atoms with Gasteiger partial charge >= 0.3 is 39.5 Å². The fourth-order valence-corrected chi connectivity index (χ4v) is 13.1. The average molecular weight is 1400 g/mol. The van der Waals surface area contributed by atoms with Gasteiger partial charge < -0.3 is 33.8 Å². The number of carbonyl (C=O) groups is 4. The highest BCUT2D eigenvalue weighted by molar-refractivity contribution is 7.47. The van der Waals surface area contributed by atoms with Gasteiger partial charge in [0.05, 0.1) is 26.4 Å². The Balaban J connectivity index is 5.16. The minimum Gasteiger partial charge on any atom is -0.462 e. The topological polar surface area (TPSA) is 237 Å². The minimum atomic E-state index is -4.96. The molecule has 0 aliphatic carbocycles. The molecule has 0 aromatic rings. The Labute approximate surface area is 581 Å². The van der Waals surface area contributed by atoms with Crippen LogP contribution in [0.4, 0.5) is 0 Å². The molecule has 0 rings (SSSR count). The predicted octanol–water partition coefficient (Wildman–Crippen LogP) is 22.0. The van der Waals surface area contributed by atoms with Gasteiger partial charge in [-0.05, 0) is 49.4 Å². The molecular formula is C76H148O17P2. The van der Waals surface area contributed by atoms with Gasteiger partial charge in [0.15, 0.2) is 12.2 Å². The highest BCUT2D eigenvalue weighted by Crippen LogP contribution is 2.45. The molecule has 0 aliphatic heterocycles. The zero-order chi connectivity index (χ0) is 70.3. The Morgan fingerprint density at radius 3 is 0.653 bits per heavy atom. The third kappa shape index (κ3) is 70.3. The van der Waals surface area contributed by atoms with Crippen LogP contribution < -0.4 is 0 Å². The highest BCUT2D eigenvalue weighted by Gasteiger charge is 2.30. The number of aliphatic hydroxyl groups excluding tert-OH is 1. The van der Waals surface area contributed by atoms with Crippen LogP contribution in [0.5, 0.6) is 0 Å². The number of phosphoric ester groups is 2. The number of esters is 4. The lowest BCUT2D eigenvalue weighted by molar-refractivity contribution is -0.161. The van der Waals surface area contributed by atoms with E-state index in [4.69, 9.17) is 37.0 Å². The number of rotatable bonds is 73. The number of hydrogen-bond donors (Lipinski definition) is 3. The third-order valence-electron chi connectivity index (χ3n) is 17.6. The summed E-state index contributed by atoms with van der Waals surface area (Å²) in [6.07, 6.45) is 50.3. The van der Waals surface area contributed by atoms with E-state index in [-0.39, 0.29) is 25.7 Å². The van der Waals surface area contributed by atoms with Gasteiger partial charge in [0.2, 0.25) is 0 Å². The molecule has 3 N–H and O–H groups in total. The van der Waals surface area contributed by atoms with Gasteiger partial charge in [-0.3, -0.25) is 37.3 Å². The first-order valence-corrected chi connectivity index (χ1v) is 42.2. The van der Waals surface area contributed by atoms with E-state index < -0.39 is 97.5 Å². The molecule has 0 spiro atoms. The molecule has 0 aromatic carbocycles. The number of hydrogen-bond acceptors (Lipinski definition) is 15. The number of phosphoric acid groups is 2. The van der Waals surface area contributed by atoms with Crippen LogP contribution in [-0.4, -0.2) is 96.7 Å². The van der Waals surface area contributed by atoms with Crippen molar-refractivity contribution in [3.05, 3.63) is 0 Å². The molecule has 0 radical (unpaired) electrons. The smallest absolute Gasteiger partial charge is 0.462 e. The van der Waals surface area contributed by atoms with E-state index in [1.54, 1.807) is 0 Å². The Bertz CT molecular complexity index is 1870. The van der Waals surface area contributed by atoms with E-state index in [2.05, 4.69) is 55.4 Å². The van der Waals surface area contributed by atoms with Crippen molar-refractivity contribution in [2.45, 2.75) is 401 Å². The van der Waals surface area contributed by atoms with Crippen LogP contribution in [0.2, 0.25) is 0 Å². The van der Waals surface area contributed by atoms with Gasteiger partial charge in [0.25, 0.3) is 0 Å². The molecule has 5 atom stereocenters. The second-order valence-electron chi connectivity index (χ2n) is 29.3. The van der Waals surface area contributed by atoms with Crippen LogP contribution in [0.1, 0.15) is 383 Å². The zero-order valence-electron chi connectivity index (χ0n) is 62.3. The Hall–Kier alpha value is -1.94. The summed E-state index contributed by atoms with van der Waals surface area (Å²) in [5, 5.41) is 10.6. The molecule has 0 aliphatic rings. The maximum absolute atomic E-state index is 13.1. The molecule has 95 heavy (non-hydrogen) atoms. The monoisotopic (exact) mass is 1400 g/mol. The first-order valence-electron chi connectivity index (χ1n) is 39.2. The molecule has 0 bridgehead atoms. The van der Waals surface area contributed by atoms with E-state index in [0.717, 1.165) is 114 Å². The molecule has 0 saturated carbocycles. The fourth-order valence-electron chi connectivity index (χ4n) is 11.6. The van der Waals surface area contributed by atoms with Crippen molar-refractivity contribution in [1.82, 2.24) is 0 Å². The minimum absolute atomic E-state index is 0.104. The molecule has 0 heterocycles. The van der Waals surface area contributed by atoms with E-state index in [1.807, 2.05) is 0 Å². The van der Waals surface area contributed by atoms with Crippen LogP contribution in [0.3, 0.4) is 0 Å². The summed E-state index contributed by atoms with van der Waals surface area (Å²) in [7, 11) is -9.91. The summed E-state index contributed by atoms with van der Waals surface area (Å²) >= 11 is 0. The van der Waals surface area contributed by atoms with Gasteiger partial charge in [-0.25, -0.2) is 9.13 Å². The van der Waals surface area contributed by atoms with Crippen molar-refractivity contribution >= 4 is 39.5 Å². The van der Waals surface area contributed by atoms with Crippen LogP contribution in [0.25, 0.3) is 0 Å². The molecule has 2 unspecified atom stereocenters. The van der Waals surface area contributed by atoms with Gasteiger partial charge in [0.1, 0.15) is 19.3 Å². The second-order valence-corrected chi connectivity index (χ2v) is 32.2. The number of unbranched alkanes of at least 4 members (excludes halogenated alkanes) is 39. The third-order valence-corrected chi connectivity index (χ3v) is 19.5. The Morgan fingerprint density at radius 1 is 0.263 bits per heavy atom. The number of carbonyl (C=O) groups excluding carboxylic acids is 4.